The second kappa shape index (κ2) is 7.79. The van der Waals surface area contributed by atoms with Gasteiger partial charge in [-0.2, -0.15) is 0 Å². The molecule has 1 rings (SSSR count). The van der Waals surface area contributed by atoms with Gasteiger partial charge in [0.15, 0.2) is 0 Å². The van der Waals surface area contributed by atoms with Gasteiger partial charge in [-0.1, -0.05) is 38.0 Å². The molecule has 0 fully saturated rings. The van der Waals surface area contributed by atoms with Gasteiger partial charge in [0.25, 0.3) is 0 Å². The quantitative estimate of drug-likeness (QED) is 0.741. The van der Waals surface area contributed by atoms with Crippen molar-refractivity contribution in [2.45, 2.75) is 33.2 Å². The number of nitrogens with one attached hydrogen (secondary N) is 1. The third kappa shape index (κ3) is 3.78. The van der Waals surface area contributed by atoms with Crippen LogP contribution >= 0.6 is 0 Å². The van der Waals surface area contributed by atoms with Gasteiger partial charge >= 0.3 is 0 Å². The minimum Gasteiger partial charge on any atom is -0.360 e. The molecule has 0 aliphatic heterocycles. The molecule has 0 aliphatic rings. The normalized spacial score (nSPS) is 11.9. The lowest BCUT2D eigenvalue weighted by Crippen LogP contribution is -2.27. The molecule has 1 aromatic rings. The molecule has 0 spiro atoms. The van der Waals surface area contributed by atoms with E-state index in [2.05, 4.69) is 61.2 Å². The van der Waals surface area contributed by atoms with E-state index in [0.717, 1.165) is 19.5 Å². The standard InChI is InChI=1S/C16H24N2/c1-5-12-18(13-6-2)16-11-9-8-10-15(16)14(4)17-7-3/h1,8-11,14,17H,6-7,12-13H2,2-4H3. The first-order chi connectivity index (χ1) is 8.74. The Balaban J connectivity index is 3.01. The van der Waals surface area contributed by atoms with Crippen LogP contribution in [0.4, 0.5) is 5.69 Å². The second-order valence-electron chi connectivity index (χ2n) is 4.46. The average molecular weight is 244 g/mol. The second-order valence-corrected chi connectivity index (χ2v) is 4.46. The summed E-state index contributed by atoms with van der Waals surface area (Å²) in [6, 6.07) is 8.87. The summed E-state index contributed by atoms with van der Waals surface area (Å²) in [6.45, 7) is 9.15. The Kier molecular flexibility index (Phi) is 6.32. The molecular formula is C16H24N2. The van der Waals surface area contributed by atoms with Crippen LogP contribution in [0.5, 0.6) is 0 Å². The molecule has 0 radical (unpaired) electrons. The number of benzene rings is 1. The molecule has 18 heavy (non-hydrogen) atoms. The molecule has 0 saturated carbocycles. The summed E-state index contributed by atoms with van der Waals surface area (Å²) in [5.41, 5.74) is 2.58. The van der Waals surface area contributed by atoms with Gasteiger partial charge < -0.3 is 10.2 Å². The molecule has 0 bridgehead atoms. The van der Waals surface area contributed by atoms with Crippen LogP contribution in [0.1, 0.15) is 38.8 Å². The molecule has 1 unspecified atom stereocenters. The lowest BCUT2D eigenvalue weighted by atomic mass is 10.0. The highest BCUT2D eigenvalue weighted by Gasteiger charge is 2.13. The van der Waals surface area contributed by atoms with Gasteiger partial charge in [0, 0.05) is 18.3 Å². The number of hydrogen-bond donors (Lipinski definition) is 1. The van der Waals surface area contributed by atoms with E-state index < -0.39 is 0 Å². The minimum atomic E-state index is 0.350. The zero-order chi connectivity index (χ0) is 13.4. The predicted molar refractivity (Wildman–Crippen MR) is 79.9 cm³/mol. The Morgan fingerprint density at radius 3 is 2.67 bits per heavy atom. The van der Waals surface area contributed by atoms with Crippen molar-refractivity contribution in [1.29, 1.82) is 0 Å². The van der Waals surface area contributed by atoms with Crippen LogP contribution in [0.15, 0.2) is 24.3 Å². The summed E-state index contributed by atoms with van der Waals surface area (Å²) in [4.78, 5) is 2.28. The molecule has 0 amide bonds. The molecule has 0 saturated heterocycles. The first kappa shape index (κ1) is 14.6. The highest BCUT2D eigenvalue weighted by atomic mass is 15.1. The maximum absolute atomic E-state index is 5.47. The minimum absolute atomic E-state index is 0.350. The Labute approximate surface area is 111 Å². The van der Waals surface area contributed by atoms with Gasteiger partial charge in [-0.3, -0.25) is 0 Å². The van der Waals surface area contributed by atoms with Crippen LogP contribution in [-0.2, 0) is 0 Å². The van der Waals surface area contributed by atoms with Gasteiger partial charge in [0.2, 0.25) is 0 Å². The topological polar surface area (TPSA) is 15.3 Å². The first-order valence-corrected chi connectivity index (χ1v) is 6.75. The van der Waals surface area contributed by atoms with Gasteiger partial charge in [0.1, 0.15) is 0 Å². The van der Waals surface area contributed by atoms with Crippen molar-refractivity contribution in [2.24, 2.45) is 0 Å². The molecule has 0 heterocycles. The van der Waals surface area contributed by atoms with Crippen molar-refractivity contribution < 1.29 is 0 Å². The first-order valence-electron chi connectivity index (χ1n) is 6.75. The van der Waals surface area contributed by atoms with E-state index in [-0.39, 0.29) is 0 Å². The number of nitrogens with zero attached hydrogens (tertiary/aromatic N) is 1. The Bertz CT molecular complexity index is 392. The summed E-state index contributed by atoms with van der Waals surface area (Å²) < 4.78 is 0. The van der Waals surface area contributed by atoms with Crippen LogP contribution in [0.3, 0.4) is 0 Å². The number of terminal acetylenes is 1. The van der Waals surface area contributed by atoms with Crippen LogP contribution in [-0.4, -0.2) is 19.6 Å². The zero-order valence-electron chi connectivity index (χ0n) is 11.7. The number of anilines is 1. The summed E-state index contributed by atoms with van der Waals surface area (Å²) in [5, 5.41) is 3.46. The molecule has 0 aromatic heterocycles. The number of para-hydroxylation sites is 1. The van der Waals surface area contributed by atoms with Gasteiger partial charge in [-0.15, -0.1) is 6.42 Å². The van der Waals surface area contributed by atoms with Gasteiger partial charge in [0.05, 0.1) is 6.54 Å². The monoisotopic (exact) mass is 244 g/mol. The summed E-state index contributed by atoms with van der Waals surface area (Å²) in [5.74, 6) is 2.75. The molecule has 1 atom stereocenters. The average Bonchev–Trinajstić information content (AvgIpc) is 2.39. The molecule has 0 aliphatic carbocycles. The van der Waals surface area contributed by atoms with E-state index in [9.17, 15) is 0 Å². The van der Waals surface area contributed by atoms with Crippen molar-refractivity contribution in [1.82, 2.24) is 5.32 Å². The number of rotatable bonds is 7. The van der Waals surface area contributed by atoms with Gasteiger partial charge in [-0.05, 0) is 31.5 Å². The van der Waals surface area contributed by atoms with Crippen molar-refractivity contribution in [3.8, 4) is 12.3 Å². The van der Waals surface area contributed by atoms with E-state index in [4.69, 9.17) is 6.42 Å². The Hall–Kier alpha value is -1.46. The molecule has 2 heteroatoms. The maximum atomic E-state index is 5.47. The van der Waals surface area contributed by atoms with Crippen molar-refractivity contribution in [3.05, 3.63) is 29.8 Å². The highest BCUT2D eigenvalue weighted by Crippen LogP contribution is 2.26. The maximum Gasteiger partial charge on any atom is 0.0791 e. The van der Waals surface area contributed by atoms with E-state index in [1.807, 2.05) is 0 Å². The Morgan fingerprint density at radius 1 is 1.33 bits per heavy atom. The number of hydrogen-bond acceptors (Lipinski definition) is 2. The fourth-order valence-electron chi connectivity index (χ4n) is 2.22. The molecule has 2 nitrogen and oxygen atoms in total. The largest absolute Gasteiger partial charge is 0.360 e. The van der Waals surface area contributed by atoms with Crippen LogP contribution in [0, 0.1) is 12.3 Å². The molecular weight excluding hydrogens is 220 g/mol. The fourth-order valence-corrected chi connectivity index (χ4v) is 2.22. The van der Waals surface area contributed by atoms with Crippen LogP contribution < -0.4 is 10.2 Å². The van der Waals surface area contributed by atoms with Crippen molar-refractivity contribution in [3.63, 3.8) is 0 Å². The zero-order valence-corrected chi connectivity index (χ0v) is 11.7. The van der Waals surface area contributed by atoms with Crippen molar-refractivity contribution >= 4 is 5.69 Å². The summed E-state index contributed by atoms with van der Waals surface area (Å²) in [6.07, 6.45) is 6.58. The van der Waals surface area contributed by atoms with E-state index >= 15 is 0 Å². The highest BCUT2D eigenvalue weighted by molar-refractivity contribution is 5.55. The third-order valence-corrected chi connectivity index (χ3v) is 3.03. The van der Waals surface area contributed by atoms with E-state index in [1.54, 1.807) is 0 Å². The Morgan fingerprint density at radius 2 is 2.06 bits per heavy atom. The smallest absolute Gasteiger partial charge is 0.0791 e. The van der Waals surface area contributed by atoms with E-state index in [1.165, 1.54) is 11.3 Å². The SMILES string of the molecule is C#CCN(CCC)c1ccccc1C(C)NCC. The van der Waals surface area contributed by atoms with Crippen LogP contribution in [0.2, 0.25) is 0 Å². The lowest BCUT2D eigenvalue weighted by molar-refractivity contribution is 0.596. The lowest BCUT2D eigenvalue weighted by Gasteiger charge is -2.27. The van der Waals surface area contributed by atoms with Gasteiger partial charge in [-0.25, -0.2) is 0 Å². The molecule has 1 aromatic carbocycles. The van der Waals surface area contributed by atoms with E-state index in [0.29, 0.717) is 12.6 Å². The molecule has 98 valence electrons. The van der Waals surface area contributed by atoms with Crippen molar-refractivity contribution in [2.75, 3.05) is 24.5 Å². The molecule has 1 N–H and O–H groups in total. The van der Waals surface area contributed by atoms with Crippen LogP contribution in [0.25, 0.3) is 0 Å². The summed E-state index contributed by atoms with van der Waals surface area (Å²) >= 11 is 0. The predicted octanol–water partition coefficient (Wildman–Crippen LogP) is 3.21. The third-order valence-electron chi connectivity index (χ3n) is 3.03. The summed E-state index contributed by atoms with van der Waals surface area (Å²) in [7, 11) is 0. The fraction of sp³-hybridized carbons (Fsp3) is 0.500.